The molecule has 0 saturated heterocycles. The molecule has 0 saturated carbocycles. The first-order chi connectivity index (χ1) is 7.61. The minimum absolute atomic E-state index is 1.65. The molecule has 0 amide bonds. The maximum atomic E-state index is 12.1. The monoisotopic (exact) mass is 302 g/mol. The molecule has 0 aromatic rings. The molecule has 13 heteroatoms. The Bertz CT molecular complexity index is 282. The van der Waals surface area contributed by atoms with Crippen LogP contribution in [0.3, 0.4) is 0 Å². The highest BCUT2D eigenvalue weighted by atomic mass is 19.4. The van der Waals surface area contributed by atoms with E-state index in [1.54, 1.807) is 9.47 Å². The average Bonchev–Trinajstić information content (AvgIpc) is 1.95. The molecule has 0 aliphatic carbocycles. The lowest BCUT2D eigenvalue weighted by molar-refractivity contribution is -0.549. The highest BCUT2D eigenvalue weighted by Crippen LogP contribution is 2.42. The quantitative estimate of drug-likeness (QED) is 0.571. The first-order valence-corrected chi connectivity index (χ1v) is 3.49. The molecule has 0 aromatic carbocycles. The Balaban J connectivity index is 4.88. The third kappa shape index (κ3) is 4.44. The highest BCUT2D eigenvalue weighted by molar-refractivity contribution is 4.66. The Morgan fingerprint density at radius 1 is 0.667 bits per heavy atom. The Morgan fingerprint density at radius 2 is 1.06 bits per heavy atom. The van der Waals surface area contributed by atoms with Crippen molar-refractivity contribution < 1.29 is 57.8 Å². The summed E-state index contributed by atoms with van der Waals surface area (Å²) in [5.41, 5.74) is 0. The third-order valence-corrected chi connectivity index (χ3v) is 1.09. The van der Waals surface area contributed by atoms with Crippen LogP contribution in [0.5, 0.6) is 0 Å². The van der Waals surface area contributed by atoms with Gasteiger partial charge in [-0.3, -0.25) is 0 Å². The predicted molar refractivity (Wildman–Crippen MR) is 29.1 cm³/mol. The third-order valence-electron chi connectivity index (χ3n) is 1.09. The average molecular weight is 302 g/mol. The van der Waals surface area contributed by atoms with Crippen LogP contribution in [0, 0.1) is 0 Å². The molecule has 0 fully saturated rings. The van der Waals surface area contributed by atoms with Crippen LogP contribution in [0.25, 0.3) is 0 Å². The van der Waals surface area contributed by atoms with Gasteiger partial charge in [-0.05, 0) is 0 Å². The van der Waals surface area contributed by atoms with Gasteiger partial charge in [0.2, 0.25) is 0 Å². The fraction of sp³-hybridized carbons (Fsp3) is 1.00. The van der Waals surface area contributed by atoms with Gasteiger partial charge in [-0.25, -0.2) is 18.3 Å². The SMILES string of the molecule is FC(F)C(F)(F)OC(F)(F)OC(F)(F)C(F)(F)F. The van der Waals surface area contributed by atoms with Gasteiger partial charge in [0.05, 0.1) is 0 Å². The molecule has 110 valence electrons. The largest absolute Gasteiger partial charge is 0.495 e. The minimum atomic E-state index is -6.68. The summed E-state index contributed by atoms with van der Waals surface area (Å²) in [5, 5.41) is 0. The zero-order chi connectivity index (χ0) is 15.0. The molecule has 0 aliphatic rings. The van der Waals surface area contributed by atoms with Gasteiger partial charge in [-0.15, -0.1) is 8.78 Å². The summed E-state index contributed by atoms with van der Waals surface area (Å²) in [5.74, 6) is 0. The van der Waals surface area contributed by atoms with E-state index in [0.717, 1.165) is 0 Å². The first kappa shape index (κ1) is 17.2. The van der Waals surface area contributed by atoms with E-state index in [-0.39, 0.29) is 0 Å². The summed E-state index contributed by atoms with van der Waals surface area (Å²) in [7, 11) is 0. The molecule has 0 unspecified atom stereocenters. The summed E-state index contributed by atoms with van der Waals surface area (Å²) in [4.78, 5) is 0. The van der Waals surface area contributed by atoms with Crippen LogP contribution in [0.1, 0.15) is 0 Å². The number of hydrogen-bond donors (Lipinski definition) is 0. The Morgan fingerprint density at radius 3 is 1.33 bits per heavy atom. The van der Waals surface area contributed by atoms with Crippen molar-refractivity contribution in [3.8, 4) is 0 Å². The number of hydrogen-bond acceptors (Lipinski definition) is 2. The van der Waals surface area contributed by atoms with Crippen LogP contribution in [0.4, 0.5) is 48.3 Å². The van der Waals surface area contributed by atoms with Crippen molar-refractivity contribution in [3.05, 3.63) is 0 Å². The molecule has 2 nitrogen and oxygen atoms in total. The standard InChI is InChI=1S/C5HF11O2/c6-1(7)2(8,9)17-5(15,16)18-4(13,14)3(10,11)12/h1H. The number of rotatable bonds is 5. The lowest BCUT2D eigenvalue weighted by Crippen LogP contribution is -2.48. The number of ether oxygens (including phenoxy) is 2. The number of alkyl halides is 11. The second kappa shape index (κ2) is 4.68. The van der Waals surface area contributed by atoms with Gasteiger partial charge in [0.1, 0.15) is 0 Å². The lowest BCUT2D eigenvalue weighted by atomic mass is 10.6. The van der Waals surface area contributed by atoms with Gasteiger partial charge in [-0.2, -0.15) is 30.7 Å². The minimum Gasteiger partial charge on any atom is -0.225 e. The molecule has 0 aromatic heterocycles. The van der Waals surface area contributed by atoms with E-state index in [0.29, 0.717) is 0 Å². The zero-order valence-corrected chi connectivity index (χ0v) is 7.55. The van der Waals surface area contributed by atoms with Crippen molar-refractivity contribution >= 4 is 0 Å². The smallest absolute Gasteiger partial charge is 0.225 e. The molecule has 0 radical (unpaired) electrons. The topological polar surface area (TPSA) is 18.5 Å². The van der Waals surface area contributed by atoms with E-state index in [4.69, 9.17) is 0 Å². The second-order valence-corrected chi connectivity index (χ2v) is 2.54. The highest BCUT2D eigenvalue weighted by Gasteiger charge is 2.66. The zero-order valence-electron chi connectivity index (χ0n) is 7.55. The molecule has 0 aliphatic heterocycles. The van der Waals surface area contributed by atoms with Crippen molar-refractivity contribution in [2.75, 3.05) is 0 Å². The van der Waals surface area contributed by atoms with E-state index in [1.807, 2.05) is 0 Å². The maximum absolute atomic E-state index is 12.1. The Kier molecular flexibility index (Phi) is 4.46. The van der Waals surface area contributed by atoms with Crippen molar-refractivity contribution in [2.45, 2.75) is 31.1 Å². The van der Waals surface area contributed by atoms with Gasteiger partial charge < -0.3 is 0 Å². The van der Waals surface area contributed by atoms with Gasteiger partial charge in [0.15, 0.2) is 0 Å². The lowest BCUT2D eigenvalue weighted by Gasteiger charge is -2.26. The predicted octanol–water partition coefficient (Wildman–Crippen LogP) is 3.58. The van der Waals surface area contributed by atoms with Crippen LogP contribution in [-0.4, -0.2) is 31.1 Å². The molecule has 0 N–H and O–H groups in total. The van der Waals surface area contributed by atoms with Gasteiger partial charge in [0, 0.05) is 0 Å². The van der Waals surface area contributed by atoms with Crippen LogP contribution in [0.15, 0.2) is 0 Å². The van der Waals surface area contributed by atoms with E-state index in [2.05, 4.69) is 0 Å². The molecule has 0 bridgehead atoms. The second-order valence-electron chi connectivity index (χ2n) is 2.54. The Labute approximate surface area is 90.2 Å². The van der Waals surface area contributed by atoms with E-state index < -0.39 is 31.1 Å². The molecular weight excluding hydrogens is 301 g/mol. The first-order valence-electron chi connectivity index (χ1n) is 3.49. The van der Waals surface area contributed by atoms with Gasteiger partial charge >= 0.3 is 31.1 Å². The van der Waals surface area contributed by atoms with E-state index in [9.17, 15) is 48.3 Å². The molecule has 0 rings (SSSR count). The molecule has 18 heavy (non-hydrogen) atoms. The fourth-order valence-electron chi connectivity index (χ4n) is 0.431. The van der Waals surface area contributed by atoms with Crippen molar-refractivity contribution in [1.82, 2.24) is 0 Å². The summed E-state index contributed by atoms with van der Waals surface area (Å²) < 4.78 is 132. The van der Waals surface area contributed by atoms with Crippen LogP contribution >= 0.6 is 0 Å². The van der Waals surface area contributed by atoms with Gasteiger partial charge in [0.25, 0.3) is 0 Å². The molecular formula is C5HF11O2. The Hall–Kier alpha value is -0.850. The van der Waals surface area contributed by atoms with Crippen LogP contribution < -0.4 is 0 Å². The summed E-state index contributed by atoms with van der Waals surface area (Å²) in [6.45, 7) is 0. The van der Waals surface area contributed by atoms with Crippen molar-refractivity contribution in [3.63, 3.8) is 0 Å². The van der Waals surface area contributed by atoms with E-state index >= 15 is 0 Å². The maximum Gasteiger partial charge on any atom is 0.495 e. The summed E-state index contributed by atoms with van der Waals surface area (Å²) in [6, 6.07) is 0. The molecule has 0 heterocycles. The summed E-state index contributed by atoms with van der Waals surface area (Å²) >= 11 is 0. The van der Waals surface area contributed by atoms with Crippen molar-refractivity contribution in [1.29, 1.82) is 0 Å². The van der Waals surface area contributed by atoms with Gasteiger partial charge in [-0.1, -0.05) is 0 Å². The summed E-state index contributed by atoms with van der Waals surface area (Å²) in [6.07, 6.45) is -30.4. The van der Waals surface area contributed by atoms with E-state index in [1.165, 1.54) is 0 Å². The fourth-order valence-corrected chi connectivity index (χ4v) is 0.431. The number of halogens is 11. The van der Waals surface area contributed by atoms with Crippen LogP contribution in [-0.2, 0) is 9.47 Å². The van der Waals surface area contributed by atoms with Crippen LogP contribution in [0.2, 0.25) is 0 Å². The molecule has 0 atom stereocenters. The molecule has 0 spiro atoms. The normalized spacial score (nSPS) is 15.3. The van der Waals surface area contributed by atoms with Crippen molar-refractivity contribution in [2.24, 2.45) is 0 Å².